The van der Waals surface area contributed by atoms with E-state index < -0.39 is 52.9 Å². The number of aliphatic hydroxyl groups is 1. The maximum Gasteiger partial charge on any atom is 0.384 e. The van der Waals surface area contributed by atoms with Gasteiger partial charge in [-0.25, -0.2) is 4.39 Å². The van der Waals surface area contributed by atoms with Crippen LogP contribution in [-0.4, -0.2) is 40.4 Å². The van der Waals surface area contributed by atoms with Gasteiger partial charge in [0.1, 0.15) is 0 Å². The van der Waals surface area contributed by atoms with E-state index in [-0.39, 0.29) is 3.57 Å². The van der Waals surface area contributed by atoms with Crippen molar-refractivity contribution in [1.29, 1.82) is 0 Å². The van der Waals surface area contributed by atoms with Crippen molar-refractivity contribution in [2.75, 3.05) is 0 Å². The zero-order valence-corrected chi connectivity index (χ0v) is 15.7. The maximum absolute atomic E-state index is 14.8. The molecule has 1 atom stereocenters. The van der Waals surface area contributed by atoms with Gasteiger partial charge in [-0.3, -0.25) is 0 Å². The lowest BCUT2D eigenvalue weighted by molar-refractivity contribution is -0.488. The highest BCUT2D eigenvalue weighted by atomic mass is 127. The van der Waals surface area contributed by atoms with E-state index >= 15 is 0 Å². The van der Waals surface area contributed by atoms with E-state index in [0.29, 0.717) is 6.92 Å². The molecule has 0 radical (unpaired) electrons. The van der Waals surface area contributed by atoms with E-state index in [1.807, 2.05) is 0 Å². The lowest BCUT2D eigenvalue weighted by Gasteiger charge is -2.53. The molecule has 1 saturated carbocycles. The lowest BCUT2D eigenvalue weighted by Crippen LogP contribution is -2.84. The molecular formula is C15H10F11IO. The number of hydrogen-bond acceptors (Lipinski definition) is 1. The molecule has 0 saturated heterocycles. The lowest BCUT2D eigenvalue weighted by atomic mass is 9.67. The first kappa shape index (κ1) is 23.4. The first-order valence-corrected chi connectivity index (χ1v) is 8.35. The molecule has 13 heteroatoms. The van der Waals surface area contributed by atoms with E-state index in [1.165, 1.54) is 6.07 Å². The maximum atomic E-state index is 14.8. The van der Waals surface area contributed by atoms with Crippen LogP contribution in [0.1, 0.15) is 18.9 Å². The first-order valence-electron chi connectivity index (χ1n) is 7.27. The van der Waals surface area contributed by atoms with Crippen LogP contribution in [0.5, 0.6) is 0 Å². The third-order valence-corrected chi connectivity index (χ3v) is 5.28. The van der Waals surface area contributed by atoms with Gasteiger partial charge in [-0.1, -0.05) is 12.1 Å². The zero-order chi connectivity index (χ0) is 22.2. The fraction of sp³-hybridized carbons (Fsp3) is 0.600. The average Bonchev–Trinajstić information content (AvgIpc) is 2.52. The summed E-state index contributed by atoms with van der Waals surface area (Å²) in [6, 6.07) is 4.35. The summed E-state index contributed by atoms with van der Waals surface area (Å²) in [6.45, 7) is 0.426. The van der Waals surface area contributed by atoms with Gasteiger partial charge in [-0.15, -0.1) is 0 Å². The van der Waals surface area contributed by atoms with Crippen molar-refractivity contribution < 1.29 is 53.4 Å². The average molecular weight is 542 g/mol. The van der Waals surface area contributed by atoms with Crippen molar-refractivity contribution in [3.63, 3.8) is 0 Å². The monoisotopic (exact) mass is 542 g/mol. The van der Waals surface area contributed by atoms with Crippen LogP contribution >= 0.6 is 22.6 Å². The minimum Gasteiger partial charge on any atom is -0.385 e. The Hall–Kier alpha value is -0.860. The van der Waals surface area contributed by atoms with E-state index in [0.717, 1.165) is 18.2 Å². The smallest absolute Gasteiger partial charge is 0.384 e. The fourth-order valence-corrected chi connectivity index (χ4v) is 3.45. The van der Waals surface area contributed by atoms with Gasteiger partial charge in [0.2, 0.25) is 0 Å². The molecular weight excluding hydrogens is 532 g/mol. The molecule has 28 heavy (non-hydrogen) atoms. The van der Waals surface area contributed by atoms with Gasteiger partial charge in [0.05, 0.1) is 5.60 Å². The molecule has 0 amide bonds. The molecule has 1 aromatic rings. The molecule has 1 aliphatic carbocycles. The van der Waals surface area contributed by atoms with Gasteiger partial charge in [0.25, 0.3) is 5.67 Å². The van der Waals surface area contributed by atoms with Crippen LogP contribution < -0.4 is 0 Å². The number of alkyl halides is 11. The number of benzene rings is 1. The van der Waals surface area contributed by atoms with Crippen LogP contribution in [0, 0.1) is 3.57 Å². The van der Waals surface area contributed by atoms with Gasteiger partial charge < -0.3 is 5.11 Å². The minimum atomic E-state index is -7.27. The number of rotatable bonds is 3. The van der Waals surface area contributed by atoms with Gasteiger partial charge in [0, 0.05) is 9.99 Å². The largest absolute Gasteiger partial charge is 0.385 e. The van der Waals surface area contributed by atoms with Crippen molar-refractivity contribution in [1.82, 2.24) is 0 Å². The second-order valence-electron chi connectivity index (χ2n) is 6.63. The summed E-state index contributed by atoms with van der Waals surface area (Å²) in [4.78, 5) is 0. The Morgan fingerprint density at radius 3 is 1.57 bits per heavy atom. The standard InChI is InChI=1S/C15H10F11IO/c1-9(28,7-3-2-4-8(27)5-7)6-10(16)11(17,18)13(21,22)15(25,26)14(23,24)12(10,19)20/h2-5,28H,6H2,1H3. The molecule has 0 bridgehead atoms. The molecule has 1 nitrogen and oxygen atoms in total. The third kappa shape index (κ3) is 2.59. The van der Waals surface area contributed by atoms with Crippen molar-refractivity contribution in [2.24, 2.45) is 0 Å². The molecule has 0 aliphatic heterocycles. The van der Waals surface area contributed by atoms with Crippen molar-refractivity contribution in [2.45, 2.75) is 54.2 Å². The third-order valence-electron chi connectivity index (χ3n) is 4.61. The van der Waals surface area contributed by atoms with Crippen LogP contribution in [0.2, 0.25) is 0 Å². The van der Waals surface area contributed by atoms with E-state index in [2.05, 4.69) is 0 Å². The van der Waals surface area contributed by atoms with E-state index in [4.69, 9.17) is 0 Å². The normalized spacial score (nSPS) is 28.4. The Bertz CT molecular complexity index is 745. The second kappa shape index (κ2) is 6.08. The van der Waals surface area contributed by atoms with E-state index in [1.54, 1.807) is 22.6 Å². The summed E-state index contributed by atoms with van der Waals surface area (Å²) in [6.07, 6.45) is -2.72. The Kier molecular flexibility index (Phi) is 5.08. The number of halogens is 12. The zero-order valence-electron chi connectivity index (χ0n) is 13.5. The van der Waals surface area contributed by atoms with Gasteiger partial charge in [-0.05, 0) is 47.2 Å². The summed E-state index contributed by atoms with van der Waals surface area (Å²) in [5.74, 6) is -35.5. The van der Waals surface area contributed by atoms with Gasteiger partial charge in [-0.2, -0.15) is 43.9 Å². The predicted octanol–water partition coefficient (Wildman–Crippen LogP) is 5.79. The molecule has 1 aromatic carbocycles. The first-order chi connectivity index (χ1) is 12.2. The van der Waals surface area contributed by atoms with Gasteiger partial charge in [0.15, 0.2) is 0 Å². The molecule has 1 fully saturated rings. The molecule has 1 N–H and O–H groups in total. The highest BCUT2D eigenvalue weighted by Gasteiger charge is 3.01. The molecule has 1 aliphatic rings. The highest BCUT2D eigenvalue weighted by Crippen LogP contribution is 2.71. The quantitative estimate of drug-likeness (QED) is 0.379. The SMILES string of the molecule is CC(O)(CC1(F)C(F)(F)C(F)(F)C(F)(F)C(F)(F)C1(F)F)c1cccc(I)c1. The molecule has 160 valence electrons. The van der Waals surface area contributed by atoms with E-state index in [9.17, 15) is 53.4 Å². The molecule has 0 aromatic heterocycles. The number of hydrogen-bond donors (Lipinski definition) is 1. The van der Waals surface area contributed by atoms with Gasteiger partial charge >= 0.3 is 29.6 Å². The highest BCUT2D eigenvalue weighted by molar-refractivity contribution is 14.1. The second-order valence-corrected chi connectivity index (χ2v) is 7.88. The summed E-state index contributed by atoms with van der Waals surface area (Å²) >= 11 is 1.61. The summed E-state index contributed by atoms with van der Waals surface area (Å²) < 4.78 is 151. The predicted molar refractivity (Wildman–Crippen MR) is 81.9 cm³/mol. The van der Waals surface area contributed by atoms with Crippen LogP contribution in [0.4, 0.5) is 48.3 Å². The fourth-order valence-electron chi connectivity index (χ4n) is 2.91. The van der Waals surface area contributed by atoms with Crippen LogP contribution in [-0.2, 0) is 5.60 Å². The topological polar surface area (TPSA) is 20.2 Å². The van der Waals surface area contributed by atoms with Crippen molar-refractivity contribution in [3.05, 3.63) is 33.4 Å². The van der Waals surface area contributed by atoms with Crippen LogP contribution in [0.3, 0.4) is 0 Å². The molecule has 1 unspecified atom stereocenters. The van der Waals surface area contributed by atoms with Crippen LogP contribution in [0.25, 0.3) is 0 Å². The summed E-state index contributed by atoms with van der Waals surface area (Å²) in [7, 11) is 0. The Morgan fingerprint density at radius 1 is 0.786 bits per heavy atom. The van der Waals surface area contributed by atoms with Crippen molar-refractivity contribution in [3.8, 4) is 0 Å². The molecule has 2 rings (SSSR count). The van der Waals surface area contributed by atoms with Crippen molar-refractivity contribution >= 4 is 22.6 Å². The van der Waals surface area contributed by atoms with Crippen LogP contribution in [0.15, 0.2) is 24.3 Å². The Balaban J connectivity index is 2.72. The Morgan fingerprint density at radius 2 is 1.18 bits per heavy atom. The summed E-state index contributed by atoms with van der Waals surface area (Å²) in [5, 5.41) is 10.2. The minimum absolute atomic E-state index is 0.257. The molecule has 0 spiro atoms. The molecule has 0 heterocycles. The summed E-state index contributed by atoms with van der Waals surface area (Å²) in [5.41, 5.74) is -9.91. The Labute approximate surface area is 164 Å².